The van der Waals surface area contributed by atoms with Crippen LogP contribution in [0.4, 0.5) is 0 Å². The van der Waals surface area contributed by atoms with Crippen LogP contribution in [0.25, 0.3) is 11.0 Å². The van der Waals surface area contributed by atoms with Crippen LogP contribution in [0.3, 0.4) is 0 Å². The number of amides is 3. The summed E-state index contributed by atoms with van der Waals surface area (Å²) in [5.74, 6) is -2.04. The summed E-state index contributed by atoms with van der Waals surface area (Å²) >= 11 is 0. The zero-order chi connectivity index (χ0) is 30.8. The van der Waals surface area contributed by atoms with Gasteiger partial charge >= 0.3 is 0 Å². The first-order chi connectivity index (χ1) is 20.8. The number of ether oxygens (including phenoxy) is 1. The molecule has 1 aromatic carbocycles. The molecule has 2 bridgehead atoms. The molecule has 1 aromatic heterocycles. The highest BCUT2D eigenvalue weighted by molar-refractivity contribution is 5.99. The molecular weight excluding hydrogens is 548 g/mol. The summed E-state index contributed by atoms with van der Waals surface area (Å²) in [5.41, 5.74) is -0.436. The summed E-state index contributed by atoms with van der Waals surface area (Å²) in [6.07, 6.45) is 6.84. The summed E-state index contributed by atoms with van der Waals surface area (Å²) < 4.78 is 8.61. The van der Waals surface area contributed by atoms with Gasteiger partial charge < -0.3 is 24.5 Å². The minimum Gasteiger partial charge on any atom is -0.396 e. The van der Waals surface area contributed by atoms with Crippen molar-refractivity contribution in [1.82, 2.24) is 29.7 Å². The molecule has 4 heterocycles. The second-order valence-electron chi connectivity index (χ2n) is 11.9. The molecule has 11 heteroatoms. The fourth-order valence-electron chi connectivity index (χ4n) is 7.65. The van der Waals surface area contributed by atoms with Crippen LogP contribution >= 0.6 is 0 Å². The Hall–Kier alpha value is -3.57. The lowest BCUT2D eigenvalue weighted by molar-refractivity contribution is -0.155. The van der Waals surface area contributed by atoms with Crippen molar-refractivity contribution < 1.29 is 24.2 Å². The maximum Gasteiger partial charge on any atom is 0.250 e. The summed E-state index contributed by atoms with van der Waals surface area (Å²) in [6, 6.07) is 6.62. The van der Waals surface area contributed by atoms with Crippen molar-refractivity contribution in [1.29, 1.82) is 0 Å². The number of unbranched alkanes of at least 4 members (excludes halogenated alkanes) is 1. The Kier molecular flexibility index (Phi) is 9.03. The summed E-state index contributed by atoms with van der Waals surface area (Å²) in [7, 11) is 0. The van der Waals surface area contributed by atoms with Gasteiger partial charge in [-0.25, -0.2) is 4.68 Å². The molecule has 3 aliphatic heterocycles. The van der Waals surface area contributed by atoms with Gasteiger partial charge in [0.05, 0.1) is 23.0 Å². The topological polar surface area (TPSA) is 121 Å². The first-order valence-electron chi connectivity index (χ1n) is 15.5. The third-order valence-electron chi connectivity index (χ3n) is 9.53. The average molecular weight is 593 g/mol. The highest BCUT2D eigenvalue weighted by Gasteiger charge is 2.79. The molecule has 5 atom stereocenters. The molecule has 11 nitrogen and oxygen atoms in total. The van der Waals surface area contributed by atoms with Crippen molar-refractivity contribution in [2.75, 3.05) is 32.8 Å². The first-order valence-corrected chi connectivity index (χ1v) is 15.5. The van der Waals surface area contributed by atoms with Gasteiger partial charge in [0.25, 0.3) is 0 Å². The number of carbonyl (C=O) groups is 3. The van der Waals surface area contributed by atoms with Crippen LogP contribution in [0.2, 0.25) is 0 Å². The van der Waals surface area contributed by atoms with Gasteiger partial charge in [0, 0.05) is 32.8 Å². The zero-order valence-electron chi connectivity index (χ0n) is 25.4. The Labute approximate surface area is 253 Å². The van der Waals surface area contributed by atoms with Crippen LogP contribution in [-0.2, 0) is 25.8 Å². The van der Waals surface area contributed by atoms with Crippen LogP contribution < -0.4 is 0 Å². The SMILES string of the molecule is C=CCN(Cn1nnc2ccccc21)C(=O)C1N(CCCCO)C(=O)[C@@H]2[C@H](C(=O)N(CC=C)CCC)[C@]3(CC)CCC12O3. The first kappa shape index (κ1) is 30.9. The zero-order valence-corrected chi connectivity index (χ0v) is 25.4. The molecule has 3 amide bonds. The standard InChI is InChI=1S/C32H44N6O5/c1-5-17-35(18-6-2)28(40)25-26-29(41)37(20-11-12-21-39)27(32(26)16-15-31(25,8-4)43-32)30(42)36(19-7-3)22-38-24-14-10-9-13-23(24)33-34-38/h5,7,9-10,13-14,25-27,39H,1,3,6,8,11-12,15-22H2,2,4H3/t25-,26+,27?,31+,32?/m1/s1. The third kappa shape index (κ3) is 5.06. The van der Waals surface area contributed by atoms with E-state index in [1.807, 2.05) is 38.1 Å². The molecular formula is C32H44N6O5. The lowest BCUT2D eigenvalue weighted by atomic mass is 9.64. The van der Waals surface area contributed by atoms with Gasteiger partial charge in [0.1, 0.15) is 23.8 Å². The van der Waals surface area contributed by atoms with E-state index in [1.54, 1.807) is 31.5 Å². The molecule has 1 N–H and O–H groups in total. The Morgan fingerprint density at radius 3 is 2.56 bits per heavy atom. The van der Waals surface area contributed by atoms with E-state index in [1.165, 1.54) is 0 Å². The number of likely N-dealkylation sites (tertiary alicyclic amines) is 1. The van der Waals surface area contributed by atoms with Gasteiger partial charge in [0.15, 0.2) is 0 Å². The highest BCUT2D eigenvalue weighted by atomic mass is 16.5. The van der Waals surface area contributed by atoms with Crippen LogP contribution in [0, 0.1) is 11.8 Å². The van der Waals surface area contributed by atoms with Gasteiger partial charge in [-0.05, 0) is 50.7 Å². The number of hydrogen-bond acceptors (Lipinski definition) is 7. The van der Waals surface area contributed by atoms with Gasteiger partial charge in [-0.3, -0.25) is 14.4 Å². The second kappa shape index (κ2) is 12.6. The molecule has 0 aliphatic carbocycles. The number of aromatic nitrogens is 3. The second-order valence-corrected chi connectivity index (χ2v) is 11.9. The van der Waals surface area contributed by atoms with E-state index >= 15 is 0 Å². The van der Waals surface area contributed by atoms with E-state index in [9.17, 15) is 19.5 Å². The number of rotatable bonds is 15. The molecule has 2 aromatic rings. The number of carbonyl (C=O) groups excluding carboxylic acids is 3. The molecule has 0 saturated carbocycles. The summed E-state index contributed by atoms with van der Waals surface area (Å²) in [5, 5.41) is 18.0. The van der Waals surface area contributed by atoms with E-state index in [0.717, 1.165) is 11.9 Å². The molecule has 2 unspecified atom stereocenters. The molecule has 232 valence electrons. The van der Waals surface area contributed by atoms with Crippen molar-refractivity contribution in [3.8, 4) is 0 Å². The number of para-hydroxylation sites is 1. The average Bonchev–Trinajstić information content (AvgIpc) is 3.74. The maximum absolute atomic E-state index is 14.7. The van der Waals surface area contributed by atoms with Crippen LogP contribution in [0.5, 0.6) is 0 Å². The smallest absolute Gasteiger partial charge is 0.250 e. The van der Waals surface area contributed by atoms with Gasteiger partial charge in [-0.15, -0.1) is 18.3 Å². The molecule has 3 fully saturated rings. The molecule has 5 rings (SSSR count). The molecule has 1 spiro atoms. The Morgan fingerprint density at radius 2 is 1.86 bits per heavy atom. The molecule has 3 saturated heterocycles. The number of nitrogens with zero attached hydrogens (tertiary/aromatic N) is 6. The number of fused-ring (bicyclic) bond motifs is 2. The van der Waals surface area contributed by atoms with Crippen LogP contribution in [-0.4, -0.2) is 103 Å². The third-order valence-corrected chi connectivity index (χ3v) is 9.53. The van der Waals surface area contributed by atoms with Crippen molar-refractivity contribution in [2.24, 2.45) is 11.8 Å². The number of hydrogen-bond donors (Lipinski definition) is 1. The maximum atomic E-state index is 14.7. The van der Waals surface area contributed by atoms with Gasteiger partial charge in [-0.1, -0.05) is 43.3 Å². The fourth-order valence-corrected chi connectivity index (χ4v) is 7.65. The van der Waals surface area contributed by atoms with E-state index in [4.69, 9.17) is 4.74 Å². The highest BCUT2D eigenvalue weighted by Crippen LogP contribution is 2.64. The van der Waals surface area contributed by atoms with Crippen molar-refractivity contribution in [3.05, 3.63) is 49.6 Å². The molecule has 0 radical (unpaired) electrons. The van der Waals surface area contributed by atoms with E-state index in [-0.39, 0.29) is 44.1 Å². The largest absolute Gasteiger partial charge is 0.396 e. The fraction of sp³-hybridized carbons (Fsp3) is 0.594. The van der Waals surface area contributed by atoms with Crippen molar-refractivity contribution in [2.45, 2.75) is 76.3 Å². The predicted octanol–water partition coefficient (Wildman–Crippen LogP) is 2.76. The lowest BCUT2D eigenvalue weighted by Gasteiger charge is -2.37. The number of benzene rings is 1. The molecule has 43 heavy (non-hydrogen) atoms. The monoisotopic (exact) mass is 592 g/mol. The van der Waals surface area contributed by atoms with E-state index in [0.29, 0.717) is 50.7 Å². The van der Waals surface area contributed by atoms with Crippen LogP contribution in [0.1, 0.15) is 52.4 Å². The number of aliphatic hydroxyl groups is 1. The van der Waals surface area contributed by atoms with Gasteiger partial charge in [0.2, 0.25) is 17.7 Å². The Morgan fingerprint density at radius 1 is 1.12 bits per heavy atom. The minimum absolute atomic E-state index is 0.0126. The lowest BCUT2D eigenvalue weighted by Crippen LogP contribution is -2.56. The Bertz CT molecular complexity index is 1380. The summed E-state index contributed by atoms with van der Waals surface area (Å²) in [4.78, 5) is 48.4. The minimum atomic E-state index is -1.13. The van der Waals surface area contributed by atoms with Crippen LogP contribution in [0.15, 0.2) is 49.6 Å². The molecule has 3 aliphatic rings. The van der Waals surface area contributed by atoms with Crippen molar-refractivity contribution >= 4 is 28.8 Å². The Balaban J connectivity index is 1.55. The quantitative estimate of drug-likeness (QED) is 0.249. The van der Waals surface area contributed by atoms with Gasteiger partial charge in [-0.2, -0.15) is 0 Å². The normalized spacial score (nSPS) is 27.5. The van der Waals surface area contributed by atoms with E-state index in [2.05, 4.69) is 23.5 Å². The summed E-state index contributed by atoms with van der Waals surface area (Å²) in [6.45, 7) is 13.3. The number of aliphatic hydroxyl groups excluding tert-OH is 1. The van der Waals surface area contributed by atoms with E-state index < -0.39 is 29.1 Å². The predicted molar refractivity (Wildman–Crippen MR) is 161 cm³/mol. The van der Waals surface area contributed by atoms with Crippen molar-refractivity contribution in [3.63, 3.8) is 0 Å².